The average Bonchev–Trinajstić information content (AvgIpc) is 2.11. The highest BCUT2D eigenvalue weighted by atomic mass is 19.4. The lowest BCUT2D eigenvalue weighted by Crippen LogP contribution is -2.41. The van der Waals surface area contributed by atoms with Gasteiger partial charge in [0.25, 0.3) is 0 Å². The van der Waals surface area contributed by atoms with Gasteiger partial charge in [-0.15, -0.1) is 0 Å². The van der Waals surface area contributed by atoms with Crippen molar-refractivity contribution in [1.29, 1.82) is 0 Å². The van der Waals surface area contributed by atoms with Gasteiger partial charge in [0, 0.05) is 13.0 Å². The van der Waals surface area contributed by atoms with Crippen molar-refractivity contribution in [3.63, 3.8) is 0 Å². The molecule has 19 heavy (non-hydrogen) atoms. The first-order valence-corrected chi connectivity index (χ1v) is 6.03. The van der Waals surface area contributed by atoms with E-state index < -0.39 is 30.0 Å². The van der Waals surface area contributed by atoms with Gasteiger partial charge >= 0.3 is 12.1 Å². The number of nitrogens with zero attached hydrogens (tertiary/aromatic N) is 1. The first-order valence-electron chi connectivity index (χ1n) is 6.03. The van der Waals surface area contributed by atoms with Crippen molar-refractivity contribution in [2.75, 3.05) is 13.1 Å². The standard InChI is InChI=1S/C12H20F3NO3/c1-4-5-16(8-12(13,14)15)9(17)6-11(2,3)7-10(18)19/h4-8H2,1-3H3,(H,18,19). The molecule has 0 aliphatic rings. The molecule has 0 radical (unpaired) electrons. The number of rotatable bonds is 7. The molecule has 0 aromatic rings. The van der Waals surface area contributed by atoms with Crippen LogP contribution >= 0.6 is 0 Å². The van der Waals surface area contributed by atoms with E-state index >= 15 is 0 Å². The highest BCUT2D eigenvalue weighted by molar-refractivity contribution is 5.78. The minimum atomic E-state index is -4.44. The average molecular weight is 283 g/mol. The Bertz CT molecular complexity index is 327. The van der Waals surface area contributed by atoms with Crippen LogP contribution < -0.4 is 0 Å². The zero-order valence-electron chi connectivity index (χ0n) is 11.4. The molecule has 0 aromatic heterocycles. The summed E-state index contributed by atoms with van der Waals surface area (Å²) in [5, 5.41) is 8.69. The molecule has 1 N–H and O–H groups in total. The van der Waals surface area contributed by atoms with Gasteiger partial charge in [0.2, 0.25) is 5.91 Å². The fourth-order valence-electron chi connectivity index (χ4n) is 1.77. The Kier molecular flexibility index (Phi) is 6.32. The Morgan fingerprint density at radius 3 is 2.05 bits per heavy atom. The topological polar surface area (TPSA) is 57.6 Å². The highest BCUT2D eigenvalue weighted by Crippen LogP contribution is 2.27. The Labute approximate surface area is 110 Å². The van der Waals surface area contributed by atoms with Crippen molar-refractivity contribution in [1.82, 2.24) is 4.90 Å². The van der Waals surface area contributed by atoms with Gasteiger partial charge < -0.3 is 10.0 Å². The predicted octanol–water partition coefficient (Wildman–Crippen LogP) is 2.68. The molecule has 0 aromatic carbocycles. The van der Waals surface area contributed by atoms with E-state index in [2.05, 4.69) is 0 Å². The Hall–Kier alpha value is -1.27. The molecule has 0 atom stereocenters. The summed E-state index contributed by atoms with van der Waals surface area (Å²) in [5.41, 5.74) is -0.861. The maximum absolute atomic E-state index is 12.3. The van der Waals surface area contributed by atoms with Crippen LogP contribution in [0.4, 0.5) is 13.2 Å². The molecule has 0 aliphatic heterocycles. The largest absolute Gasteiger partial charge is 0.481 e. The summed E-state index contributed by atoms with van der Waals surface area (Å²) in [6.07, 6.45) is -4.50. The number of amides is 1. The van der Waals surface area contributed by atoms with Crippen LogP contribution in [0.15, 0.2) is 0 Å². The molecule has 0 rings (SSSR count). The molecule has 0 unspecified atom stereocenters. The van der Waals surface area contributed by atoms with Gasteiger partial charge in [0.1, 0.15) is 6.54 Å². The number of halogens is 3. The zero-order chi connectivity index (χ0) is 15.3. The maximum Gasteiger partial charge on any atom is 0.406 e. The van der Waals surface area contributed by atoms with Crippen LogP contribution in [0.1, 0.15) is 40.0 Å². The normalized spacial score (nSPS) is 12.3. The predicted molar refractivity (Wildman–Crippen MR) is 63.6 cm³/mol. The molecule has 0 fully saturated rings. The zero-order valence-corrected chi connectivity index (χ0v) is 11.4. The Morgan fingerprint density at radius 2 is 1.68 bits per heavy atom. The van der Waals surface area contributed by atoms with Crippen LogP contribution in [0, 0.1) is 5.41 Å². The van der Waals surface area contributed by atoms with Crippen LogP contribution in [0.3, 0.4) is 0 Å². The maximum atomic E-state index is 12.3. The van der Waals surface area contributed by atoms with Gasteiger partial charge in [-0.3, -0.25) is 9.59 Å². The van der Waals surface area contributed by atoms with Crippen LogP contribution in [0.2, 0.25) is 0 Å². The summed E-state index contributed by atoms with van der Waals surface area (Å²) in [7, 11) is 0. The molecule has 0 saturated heterocycles. The van der Waals surface area contributed by atoms with E-state index in [0.717, 1.165) is 4.90 Å². The third-order valence-electron chi connectivity index (χ3n) is 2.48. The van der Waals surface area contributed by atoms with Gasteiger partial charge in [-0.2, -0.15) is 13.2 Å². The molecule has 0 aliphatic carbocycles. The fraction of sp³-hybridized carbons (Fsp3) is 0.833. The summed E-state index contributed by atoms with van der Waals surface area (Å²) < 4.78 is 37.0. The van der Waals surface area contributed by atoms with Crippen molar-refractivity contribution in [3.8, 4) is 0 Å². The summed E-state index contributed by atoms with van der Waals surface area (Å²) in [6.45, 7) is 3.51. The summed E-state index contributed by atoms with van der Waals surface area (Å²) in [6, 6.07) is 0. The second-order valence-corrected chi connectivity index (χ2v) is 5.34. The van der Waals surface area contributed by atoms with Gasteiger partial charge in [-0.1, -0.05) is 20.8 Å². The number of carbonyl (C=O) groups excluding carboxylic acids is 1. The SMILES string of the molecule is CCCN(CC(F)(F)F)C(=O)CC(C)(C)CC(=O)O. The van der Waals surface area contributed by atoms with Crippen LogP contribution in [-0.2, 0) is 9.59 Å². The monoisotopic (exact) mass is 283 g/mol. The lowest BCUT2D eigenvalue weighted by atomic mass is 9.85. The molecule has 7 heteroatoms. The first kappa shape index (κ1) is 17.7. The van der Waals surface area contributed by atoms with E-state index in [1.807, 2.05) is 0 Å². The van der Waals surface area contributed by atoms with E-state index in [-0.39, 0.29) is 19.4 Å². The van der Waals surface area contributed by atoms with Crippen molar-refractivity contribution in [2.24, 2.45) is 5.41 Å². The number of carbonyl (C=O) groups is 2. The summed E-state index contributed by atoms with van der Waals surface area (Å²) in [5.74, 6) is -1.74. The van der Waals surface area contributed by atoms with Crippen LogP contribution in [0.25, 0.3) is 0 Å². The lowest BCUT2D eigenvalue weighted by molar-refractivity contribution is -0.163. The van der Waals surface area contributed by atoms with E-state index in [1.165, 1.54) is 0 Å². The molecule has 112 valence electrons. The molecule has 0 spiro atoms. The third-order valence-corrected chi connectivity index (χ3v) is 2.48. The number of aliphatic carboxylic acids is 1. The fourth-order valence-corrected chi connectivity index (χ4v) is 1.77. The smallest absolute Gasteiger partial charge is 0.406 e. The van der Waals surface area contributed by atoms with Gasteiger partial charge in [0.05, 0.1) is 6.42 Å². The van der Waals surface area contributed by atoms with Crippen molar-refractivity contribution in [2.45, 2.75) is 46.2 Å². The lowest BCUT2D eigenvalue weighted by Gasteiger charge is -2.28. The van der Waals surface area contributed by atoms with Crippen LogP contribution in [-0.4, -0.2) is 41.1 Å². The molecule has 1 amide bonds. The summed E-state index contributed by atoms with van der Waals surface area (Å²) >= 11 is 0. The molecule has 0 bridgehead atoms. The molecule has 0 heterocycles. The number of hydrogen-bond donors (Lipinski definition) is 1. The van der Waals surface area contributed by atoms with E-state index in [0.29, 0.717) is 6.42 Å². The first-order chi connectivity index (χ1) is 8.47. The van der Waals surface area contributed by atoms with Crippen molar-refractivity contribution < 1.29 is 27.9 Å². The van der Waals surface area contributed by atoms with Gasteiger partial charge in [-0.25, -0.2) is 0 Å². The molecule has 4 nitrogen and oxygen atoms in total. The van der Waals surface area contributed by atoms with E-state index in [4.69, 9.17) is 5.11 Å². The number of hydrogen-bond acceptors (Lipinski definition) is 2. The number of carboxylic acid groups (broad SMARTS) is 1. The molecular formula is C12H20F3NO3. The number of alkyl halides is 3. The second-order valence-electron chi connectivity index (χ2n) is 5.34. The van der Waals surface area contributed by atoms with Crippen LogP contribution in [0.5, 0.6) is 0 Å². The van der Waals surface area contributed by atoms with Crippen molar-refractivity contribution >= 4 is 11.9 Å². The minimum Gasteiger partial charge on any atom is -0.481 e. The minimum absolute atomic E-state index is 0.0154. The van der Waals surface area contributed by atoms with E-state index in [9.17, 15) is 22.8 Å². The second kappa shape index (κ2) is 6.77. The molecular weight excluding hydrogens is 263 g/mol. The highest BCUT2D eigenvalue weighted by Gasteiger charge is 2.34. The van der Waals surface area contributed by atoms with Gasteiger partial charge in [-0.05, 0) is 11.8 Å². The third kappa shape index (κ3) is 8.45. The van der Waals surface area contributed by atoms with Gasteiger partial charge in [0.15, 0.2) is 0 Å². The Morgan fingerprint density at radius 1 is 1.16 bits per heavy atom. The number of carboxylic acids is 1. The Balaban J connectivity index is 4.68. The quantitative estimate of drug-likeness (QED) is 0.781. The summed E-state index contributed by atoms with van der Waals surface area (Å²) in [4.78, 5) is 23.2. The molecule has 0 saturated carbocycles. The van der Waals surface area contributed by atoms with Crippen molar-refractivity contribution in [3.05, 3.63) is 0 Å². The van der Waals surface area contributed by atoms with E-state index in [1.54, 1.807) is 20.8 Å².